The molecule has 0 aromatic rings. The fraction of sp³-hybridized carbons (Fsp3) is 0.875. The van der Waals surface area contributed by atoms with Crippen LogP contribution >= 0.6 is 0 Å². The van der Waals surface area contributed by atoms with E-state index in [4.69, 9.17) is 10.8 Å². The highest BCUT2D eigenvalue weighted by Crippen LogP contribution is 2.31. The van der Waals surface area contributed by atoms with Crippen molar-refractivity contribution in [3.63, 3.8) is 0 Å². The first kappa shape index (κ1) is 8.53. The number of hydrogen-bond acceptors (Lipinski definition) is 2. The summed E-state index contributed by atoms with van der Waals surface area (Å²) in [6.45, 7) is 1.84. The van der Waals surface area contributed by atoms with Crippen molar-refractivity contribution in [2.24, 2.45) is 11.7 Å². The minimum absolute atomic E-state index is 0.337. The Morgan fingerprint density at radius 2 is 2.27 bits per heavy atom. The molecule has 3 N–H and O–H groups in total. The van der Waals surface area contributed by atoms with Crippen LogP contribution < -0.4 is 5.73 Å². The molecule has 0 spiro atoms. The summed E-state index contributed by atoms with van der Waals surface area (Å²) in [4.78, 5) is 10.7. The maximum atomic E-state index is 10.7. The van der Waals surface area contributed by atoms with E-state index in [0.29, 0.717) is 0 Å². The van der Waals surface area contributed by atoms with E-state index < -0.39 is 11.5 Å². The van der Waals surface area contributed by atoms with Crippen molar-refractivity contribution in [1.29, 1.82) is 0 Å². The Balaban J connectivity index is 2.67. The second-order valence-corrected chi connectivity index (χ2v) is 3.64. The Morgan fingerprint density at radius 3 is 2.64 bits per heavy atom. The van der Waals surface area contributed by atoms with Crippen molar-refractivity contribution in [2.75, 3.05) is 0 Å². The minimum Gasteiger partial charge on any atom is -0.481 e. The van der Waals surface area contributed by atoms with Gasteiger partial charge in [-0.1, -0.05) is 12.8 Å². The molecule has 11 heavy (non-hydrogen) atoms. The van der Waals surface area contributed by atoms with Crippen molar-refractivity contribution in [2.45, 2.75) is 38.1 Å². The molecule has 0 bridgehead atoms. The van der Waals surface area contributed by atoms with Crippen LogP contribution in [-0.2, 0) is 4.79 Å². The van der Waals surface area contributed by atoms with Crippen LogP contribution in [0.4, 0.5) is 0 Å². The van der Waals surface area contributed by atoms with Gasteiger partial charge in [0.05, 0.1) is 5.92 Å². The molecule has 0 aromatic carbocycles. The van der Waals surface area contributed by atoms with E-state index in [1.54, 1.807) is 0 Å². The molecule has 0 heterocycles. The fourth-order valence-corrected chi connectivity index (χ4v) is 1.76. The van der Waals surface area contributed by atoms with Crippen molar-refractivity contribution in [3.05, 3.63) is 0 Å². The van der Waals surface area contributed by atoms with Gasteiger partial charge in [-0.2, -0.15) is 0 Å². The van der Waals surface area contributed by atoms with E-state index in [1.165, 1.54) is 0 Å². The van der Waals surface area contributed by atoms with Gasteiger partial charge in [0, 0.05) is 5.54 Å². The number of aliphatic carboxylic acids is 1. The largest absolute Gasteiger partial charge is 0.481 e. The van der Waals surface area contributed by atoms with Gasteiger partial charge in [0.15, 0.2) is 0 Å². The summed E-state index contributed by atoms with van der Waals surface area (Å²) in [5.74, 6) is -1.08. The molecule has 0 amide bonds. The highest BCUT2D eigenvalue weighted by Gasteiger charge is 2.37. The molecule has 1 fully saturated rings. The normalized spacial score (nSPS) is 38.5. The van der Waals surface area contributed by atoms with Crippen LogP contribution in [0.15, 0.2) is 0 Å². The molecule has 0 aliphatic heterocycles. The number of hydrogen-bond donors (Lipinski definition) is 2. The van der Waals surface area contributed by atoms with E-state index in [0.717, 1.165) is 25.7 Å². The molecule has 0 aromatic heterocycles. The molecule has 1 aliphatic carbocycles. The van der Waals surface area contributed by atoms with Gasteiger partial charge in [0.25, 0.3) is 0 Å². The first-order valence-corrected chi connectivity index (χ1v) is 4.06. The molecule has 2 atom stereocenters. The third-order valence-electron chi connectivity index (χ3n) is 2.55. The van der Waals surface area contributed by atoms with Crippen LogP contribution in [-0.4, -0.2) is 16.6 Å². The summed E-state index contributed by atoms with van der Waals surface area (Å²) in [5, 5.41) is 8.79. The number of nitrogens with two attached hydrogens (primary N) is 1. The predicted molar refractivity (Wildman–Crippen MR) is 42.2 cm³/mol. The molecule has 1 saturated carbocycles. The zero-order valence-electron chi connectivity index (χ0n) is 6.84. The topological polar surface area (TPSA) is 63.3 Å². The van der Waals surface area contributed by atoms with E-state index in [-0.39, 0.29) is 5.92 Å². The Bertz CT molecular complexity index is 165. The van der Waals surface area contributed by atoms with Gasteiger partial charge < -0.3 is 10.8 Å². The number of carboxylic acid groups (broad SMARTS) is 1. The smallest absolute Gasteiger partial charge is 0.308 e. The van der Waals surface area contributed by atoms with E-state index in [1.807, 2.05) is 6.92 Å². The summed E-state index contributed by atoms with van der Waals surface area (Å²) >= 11 is 0. The summed E-state index contributed by atoms with van der Waals surface area (Å²) in [6, 6.07) is 0. The second-order valence-electron chi connectivity index (χ2n) is 3.64. The van der Waals surface area contributed by atoms with Crippen LogP contribution in [0.3, 0.4) is 0 Å². The number of carboxylic acids is 1. The summed E-state index contributed by atoms with van der Waals surface area (Å²) in [7, 11) is 0. The zero-order valence-corrected chi connectivity index (χ0v) is 6.84. The quantitative estimate of drug-likeness (QED) is 0.596. The van der Waals surface area contributed by atoms with Gasteiger partial charge in [-0.3, -0.25) is 4.79 Å². The van der Waals surface area contributed by atoms with Crippen LogP contribution in [0, 0.1) is 5.92 Å². The highest BCUT2D eigenvalue weighted by atomic mass is 16.4. The van der Waals surface area contributed by atoms with Crippen molar-refractivity contribution in [1.82, 2.24) is 0 Å². The Hall–Kier alpha value is -0.570. The van der Waals surface area contributed by atoms with Crippen LogP contribution in [0.25, 0.3) is 0 Å². The van der Waals surface area contributed by atoms with Crippen molar-refractivity contribution in [3.8, 4) is 0 Å². The van der Waals surface area contributed by atoms with E-state index >= 15 is 0 Å². The number of carbonyl (C=O) groups is 1. The zero-order chi connectivity index (χ0) is 8.48. The standard InChI is InChI=1S/C8H15NO2/c1-8(9)5-3-2-4-6(8)7(10)11/h6H,2-5,9H2,1H3,(H,10,11)/t6-,8-/m0/s1. The molecule has 0 radical (unpaired) electrons. The van der Waals surface area contributed by atoms with Crippen LogP contribution in [0.5, 0.6) is 0 Å². The summed E-state index contributed by atoms with van der Waals surface area (Å²) < 4.78 is 0. The Morgan fingerprint density at radius 1 is 1.64 bits per heavy atom. The van der Waals surface area contributed by atoms with Gasteiger partial charge in [-0.15, -0.1) is 0 Å². The predicted octanol–water partition coefficient (Wildman–Crippen LogP) is 0.979. The average Bonchev–Trinajstić information content (AvgIpc) is 1.85. The first-order chi connectivity index (χ1) is 5.04. The third-order valence-corrected chi connectivity index (χ3v) is 2.55. The SMILES string of the molecule is C[C@]1(N)CCCC[C@H]1C(=O)O. The molecule has 0 unspecified atom stereocenters. The van der Waals surface area contributed by atoms with E-state index in [9.17, 15) is 4.79 Å². The molecule has 0 saturated heterocycles. The molecule has 64 valence electrons. The lowest BCUT2D eigenvalue weighted by Crippen LogP contribution is -2.49. The molecule has 3 heteroatoms. The van der Waals surface area contributed by atoms with Gasteiger partial charge in [-0.25, -0.2) is 0 Å². The Labute approximate surface area is 66.6 Å². The van der Waals surface area contributed by atoms with Gasteiger partial charge in [-0.05, 0) is 19.8 Å². The second kappa shape index (κ2) is 2.81. The summed E-state index contributed by atoms with van der Waals surface area (Å²) in [6.07, 6.45) is 3.65. The maximum absolute atomic E-state index is 10.7. The molecule has 1 aliphatic rings. The van der Waals surface area contributed by atoms with E-state index in [2.05, 4.69) is 0 Å². The van der Waals surface area contributed by atoms with Gasteiger partial charge in [0.2, 0.25) is 0 Å². The van der Waals surface area contributed by atoms with Gasteiger partial charge in [0.1, 0.15) is 0 Å². The van der Waals surface area contributed by atoms with Crippen LogP contribution in [0.1, 0.15) is 32.6 Å². The molecular weight excluding hydrogens is 142 g/mol. The average molecular weight is 157 g/mol. The van der Waals surface area contributed by atoms with Crippen LogP contribution in [0.2, 0.25) is 0 Å². The maximum Gasteiger partial charge on any atom is 0.308 e. The minimum atomic E-state index is -0.741. The molecule has 3 nitrogen and oxygen atoms in total. The number of rotatable bonds is 1. The first-order valence-electron chi connectivity index (χ1n) is 4.06. The lowest BCUT2D eigenvalue weighted by atomic mass is 9.75. The van der Waals surface area contributed by atoms with Gasteiger partial charge >= 0.3 is 5.97 Å². The molecule has 1 rings (SSSR count). The lowest BCUT2D eigenvalue weighted by molar-refractivity contribution is -0.145. The van der Waals surface area contributed by atoms with Crippen molar-refractivity contribution < 1.29 is 9.90 Å². The molecular formula is C8H15NO2. The highest BCUT2D eigenvalue weighted by molar-refractivity contribution is 5.71. The van der Waals surface area contributed by atoms with Crippen molar-refractivity contribution >= 4 is 5.97 Å². The Kier molecular flexibility index (Phi) is 2.18. The third kappa shape index (κ3) is 1.71. The monoisotopic (exact) mass is 157 g/mol. The summed E-state index contributed by atoms with van der Waals surface area (Å²) in [5.41, 5.74) is 5.36. The lowest BCUT2D eigenvalue weighted by Gasteiger charge is -2.35. The fourth-order valence-electron chi connectivity index (χ4n) is 1.76.